The van der Waals surface area contributed by atoms with E-state index in [1.807, 2.05) is 0 Å². The van der Waals surface area contributed by atoms with Gasteiger partial charge in [-0.3, -0.25) is 0 Å². The van der Waals surface area contributed by atoms with E-state index in [4.69, 9.17) is 10.5 Å². The summed E-state index contributed by atoms with van der Waals surface area (Å²) in [6.07, 6.45) is -9.66. The summed E-state index contributed by atoms with van der Waals surface area (Å²) in [5.74, 6) is -0.444. The first-order valence-corrected chi connectivity index (χ1v) is 5.31. The van der Waals surface area contributed by atoms with Gasteiger partial charge in [-0.25, -0.2) is 0 Å². The van der Waals surface area contributed by atoms with Gasteiger partial charge in [-0.2, -0.15) is 26.3 Å². The van der Waals surface area contributed by atoms with Crippen LogP contribution >= 0.6 is 12.4 Å². The van der Waals surface area contributed by atoms with E-state index in [1.165, 1.54) is 0 Å². The fraction of sp³-hybridized carbons (Fsp3) is 0.455. The van der Waals surface area contributed by atoms with Crippen molar-refractivity contribution in [3.05, 3.63) is 28.8 Å². The van der Waals surface area contributed by atoms with Crippen LogP contribution in [0.5, 0.6) is 5.75 Å². The second-order valence-electron chi connectivity index (χ2n) is 4.17. The van der Waals surface area contributed by atoms with Crippen molar-refractivity contribution in [1.29, 1.82) is 0 Å². The SMILES string of the molecule is Cl.N[C@@H]1CCOc2cc(C(F)(F)F)cc(C(F)(F)F)c21. The van der Waals surface area contributed by atoms with Gasteiger partial charge in [0.25, 0.3) is 0 Å². The highest BCUT2D eigenvalue weighted by Gasteiger charge is 2.41. The topological polar surface area (TPSA) is 35.2 Å². The lowest BCUT2D eigenvalue weighted by atomic mass is 9.93. The molecule has 0 aromatic heterocycles. The average molecular weight is 322 g/mol. The number of rotatable bonds is 0. The molecule has 0 fully saturated rings. The monoisotopic (exact) mass is 321 g/mol. The van der Waals surface area contributed by atoms with Crippen LogP contribution < -0.4 is 10.5 Å². The molecular weight excluding hydrogens is 312 g/mol. The molecule has 1 aliphatic heterocycles. The summed E-state index contributed by atoms with van der Waals surface area (Å²) in [6.45, 7) is -0.00717. The molecule has 1 aromatic carbocycles. The standard InChI is InChI=1S/C11H9F6NO.ClH/c12-10(13,14)5-3-6(11(15,16)17)9-7(18)1-2-19-8(9)4-5;/h3-4,7H,1-2,18H2;1H/t7-;/m1./s1. The largest absolute Gasteiger partial charge is 0.493 e. The molecule has 0 unspecified atom stereocenters. The lowest BCUT2D eigenvalue weighted by Crippen LogP contribution is -2.26. The molecule has 114 valence electrons. The summed E-state index contributed by atoms with van der Waals surface area (Å²) in [5.41, 5.74) is 2.35. The maximum atomic E-state index is 12.8. The Kier molecular flexibility index (Phi) is 4.50. The molecule has 0 saturated heterocycles. The molecular formula is C11H10ClF6NO. The van der Waals surface area contributed by atoms with E-state index < -0.39 is 40.8 Å². The Morgan fingerprint density at radius 1 is 1.05 bits per heavy atom. The van der Waals surface area contributed by atoms with Crippen LogP contribution in [0.25, 0.3) is 0 Å². The third-order valence-corrected chi connectivity index (χ3v) is 2.83. The molecule has 0 aliphatic carbocycles. The Hall–Kier alpha value is -1.15. The average Bonchev–Trinajstić information content (AvgIpc) is 2.25. The van der Waals surface area contributed by atoms with E-state index in [-0.39, 0.29) is 31.5 Å². The normalized spacial score (nSPS) is 18.9. The fourth-order valence-corrected chi connectivity index (χ4v) is 1.97. The zero-order valence-electron chi connectivity index (χ0n) is 9.81. The van der Waals surface area contributed by atoms with Gasteiger partial charge in [-0.05, 0) is 12.1 Å². The van der Waals surface area contributed by atoms with Crippen molar-refractivity contribution in [1.82, 2.24) is 0 Å². The number of nitrogens with two attached hydrogens (primary N) is 1. The second kappa shape index (κ2) is 5.33. The molecule has 9 heteroatoms. The van der Waals surface area contributed by atoms with E-state index in [1.54, 1.807) is 0 Å². The van der Waals surface area contributed by atoms with E-state index in [9.17, 15) is 26.3 Å². The molecule has 1 atom stereocenters. The molecule has 2 nitrogen and oxygen atoms in total. The summed E-state index contributed by atoms with van der Waals surface area (Å²) >= 11 is 0. The maximum Gasteiger partial charge on any atom is 0.416 e. The van der Waals surface area contributed by atoms with Gasteiger partial charge in [0.2, 0.25) is 0 Å². The zero-order valence-corrected chi connectivity index (χ0v) is 10.6. The second-order valence-corrected chi connectivity index (χ2v) is 4.17. The van der Waals surface area contributed by atoms with E-state index in [0.717, 1.165) is 0 Å². The molecule has 1 heterocycles. The molecule has 0 spiro atoms. The van der Waals surface area contributed by atoms with Gasteiger partial charge < -0.3 is 10.5 Å². The van der Waals surface area contributed by atoms with Crippen LogP contribution in [0.3, 0.4) is 0 Å². The van der Waals surface area contributed by atoms with Gasteiger partial charge in [0.15, 0.2) is 0 Å². The highest BCUT2D eigenvalue weighted by atomic mass is 35.5. The number of halogens is 7. The van der Waals surface area contributed by atoms with Crippen LogP contribution in [0.15, 0.2) is 12.1 Å². The van der Waals surface area contributed by atoms with Gasteiger partial charge in [0.1, 0.15) is 5.75 Å². The van der Waals surface area contributed by atoms with Crippen molar-refractivity contribution in [3.8, 4) is 5.75 Å². The number of hydrogen-bond donors (Lipinski definition) is 1. The fourth-order valence-electron chi connectivity index (χ4n) is 1.97. The maximum absolute atomic E-state index is 12.8. The van der Waals surface area contributed by atoms with Gasteiger partial charge >= 0.3 is 12.4 Å². The summed E-state index contributed by atoms with van der Waals surface area (Å²) in [6, 6.07) is -0.348. The summed E-state index contributed by atoms with van der Waals surface area (Å²) in [5, 5.41) is 0. The number of alkyl halides is 6. The van der Waals surface area contributed by atoms with Gasteiger partial charge in [-0.15, -0.1) is 12.4 Å². The minimum absolute atomic E-state index is 0. The number of benzene rings is 1. The lowest BCUT2D eigenvalue weighted by molar-refractivity contribution is -0.144. The number of ether oxygens (including phenoxy) is 1. The number of hydrogen-bond acceptors (Lipinski definition) is 2. The van der Waals surface area contributed by atoms with Crippen molar-refractivity contribution in [2.45, 2.75) is 24.8 Å². The number of fused-ring (bicyclic) bond motifs is 1. The van der Waals surface area contributed by atoms with Crippen molar-refractivity contribution in [2.75, 3.05) is 6.61 Å². The predicted molar refractivity (Wildman–Crippen MR) is 60.7 cm³/mol. The van der Waals surface area contributed by atoms with Crippen LogP contribution in [0.1, 0.15) is 29.2 Å². The summed E-state index contributed by atoms with van der Waals surface area (Å²) in [7, 11) is 0. The van der Waals surface area contributed by atoms with Crippen LogP contribution in [0, 0.1) is 0 Å². The van der Waals surface area contributed by atoms with Crippen LogP contribution in [0.4, 0.5) is 26.3 Å². The Morgan fingerprint density at radius 3 is 2.15 bits per heavy atom. The third kappa shape index (κ3) is 3.12. The van der Waals surface area contributed by atoms with Gasteiger partial charge in [0, 0.05) is 18.0 Å². The molecule has 0 saturated carbocycles. The minimum atomic E-state index is -4.91. The molecule has 0 radical (unpaired) electrons. The first kappa shape index (κ1) is 16.9. The predicted octanol–water partition coefficient (Wildman–Crippen LogP) is 3.93. The smallest absolute Gasteiger partial charge is 0.416 e. The highest BCUT2D eigenvalue weighted by molar-refractivity contribution is 5.85. The zero-order chi connectivity index (χ0) is 14.4. The minimum Gasteiger partial charge on any atom is -0.493 e. The molecule has 0 amide bonds. The van der Waals surface area contributed by atoms with Gasteiger partial charge in [-0.1, -0.05) is 0 Å². The quantitative estimate of drug-likeness (QED) is 0.735. The first-order valence-electron chi connectivity index (χ1n) is 5.31. The van der Waals surface area contributed by atoms with Crippen LogP contribution in [-0.2, 0) is 12.4 Å². The van der Waals surface area contributed by atoms with Crippen molar-refractivity contribution in [2.24, 2.45) is 5.73 Å². The Balaban J connectivity index is 0.00000200. The highest BCUT2D eigenvalue weighted by Crippen LogP contribution is 2.45. The summed E-state index contributed by atoms with van der Waals surface area (Å²) in [4.78, 5) is 0. The molecule has 2 rings (SSSR count). The van der Waals surface area contributed by atoms with E-state index in [0.29, 0.717) is 6.07 Å². The molecule has 1 aromatic rings. The van der Waals surface area contributed by atoms with E-state index in [2.05, 4.69) is 0 Å². The van der Waals surface area contributed by atoms with E-state index >= 15 is 0 Å². The Bertz CT molecular complexity index is 499. The lowest BCUT2D eigenvalue weighted by Gasteiger charge is -2.27. The Labute approximate surface area is 116 Å². The summed E-state index contributed by atoms with van der Waals surface area (Å²) < 4.78 is 81.1. The van der Waals surface area contributed by atoms with Crippen molar-refractivity contribution in [3.63, 3.8) is 0 Å². The van der Waals surface area contributed by atoms with Crippen LogP contribution in [0.2, 0.25) is 0 Å². The van der Waals surface area contributed by atoms with Crippen LogP contribution in [-0.4, -0.2) is 6.61 Å². The van der Waals surface area contributed by atoms with Gasteiger partial charge in [0.05, 0.1) is 17.7 Å². The Morgan fingerprint density at radius 2 is 1.65 bits per heavy atom. The van der Waals surface area contributed by atoms with Crippen molar-refractivity contribution < 1.29 is 31.1 Å². The van der Waals surface area contributed by atoms with Crippen molar-refractivity contribution >= 4 is 12.4 Å². The first-order chi connectivity index (χ1) is 8.60. The molecule has 0 bridgehead atoms. The molecule has 1 aliphatic rings. The molecule has 2 N–H and O–H groups in total. The third-order valence-electron chi connectivity index (χ3n) is 2.83. The molecule has 20 heavy (non-hydrogen) atoms.